The third-order valence-electron chi connectivity index (χ3n) is 6.05. The molecule has 1 unspecified atom stereocenters. The van der Waals surface area contributed by atoms with Crippen molar-refractivity contribution in [3.8, 4) is 0 Å². The molecule has 23 heavy (non-hydrogen) atoms. The zero-order valence-electron chi connectivity index (χ0n) is 13.4. The van der Waals surface area contributed by atoms with Crippen molar-refractivity contribution in [2.24, 2.45) is 17.8 Å². The molecule has 0 aliphatic heterocycles. The van der Waals surface area contributed by atoms with Gasteiger partial charge in [-0.25, -0.2) is 0 Å². The van der Waals surface area contributed by atoms with Gasteiger partial charge in [-0.05, 0) is 61.8 Å². The molecule has 122 valence electrons. The summed E-state index contributed by atoms with van der Waals surface area (Å²) in [4.78, 5) is 11.7. The lowest BCUT2D eigenvalue weighted by Crippen LogP contribution is -2.61. The number of hydrogen-bond donors (Lipinski definition) is 2. The Bertz CT molecular complexity index is 572. The van der Waals surface area contributed by atoms with E-state index in [4.69, 9.17) is 0 Å². The Balaban J connectivity index is 1.50. The molecule has 1 atom stereocenters. The SMILES string of the molecule is O=C(O)C(C=Cc1ccccc1)NC12CC3CC(CC(C3)C1)C2. The number of carboxylic acids is 1. The van der Waals surface area contributed by atoms with Crippen LogP contribution in [0.15, 0.2) is 36.4 Å². The van der Waals surface area contributed by atoms with Crippen molar-refractivity contribution < 1.29 is 9.90 Å². The van der Waals surface area contributed by atoms with Crippen LogP contribution in [0.25, 0.3) is 6.08 Å². The molecule has 4 fully saturated rings. The van der Waals surface area contributed by atoms with Crippen LogP contribution < -0.4 is 5.32 Å². The molecule has 4 bridgehead atoms. The van der Waals surface area contributed by atoms with Crippen molar-refractivity contribution in [3.63, 3.8) is 0 Å². The van der Waals surface area contributed by atoms with E-state index in [2.05, 4.69) is 5.32 Å². The Labute approximate surface area is 137 Å². The molecule has 3 heteroatoms. The van der Waals surface area contributed by atoms with Gasteiger partial charge in [0.05, 0.1) is 0 Å². The number of rotatable bonds is 5. The molecule has 4 saturated carbocycles. The summed E-state index contributed by atoms with van der Waals surface area (Å²) in [6.07, 6.45) is 11.4. The van der Waals surface area contributed by atoms with Crippen LogP contribution in [-0.2, 0) is 4.79 Å². The largest absolute Gasteiger partial charge is 0.480 e. The summed E-state index contributed by atoms with van der Waals surface area (Å²) in [7, 11) is 0. The summed E-state index contributed by atoms with van der Waals surface area (Å²) in [5.74, 6) is 1.69. The van der Waals surface area contributed by atoms with E-state index in [1.165, 1.54) is 38.5 Å². The van der Waals surface area contributed by atoms with Gasteiger partial charge in [0.1, 0.15) is 6.04 Å². The zero-order valence-corrected chi connectivity index (χ0v) is 13.4. The fourth-order valence-electron chi connectivity index (χ4n) is 5.58. The monoisotopic (exact) mass is 311 g/mol. The molecule has 0 aromatic heterocycles. The molecule has 3 nitrogen and oxygen atoms in total. The van der Waals surface area contributed by atoms with E-state index in [0.29, 0.717) is 0 Å². The van der Waals surface area contributed by atoms with Crippen LogP contribution in [0.5, 0.6) is 0 Å². The molecule has 0 spiro atoms. The number of nitrogens with one attached hydrogen (secondary N) is 1. The van der Waals surface area contributed by atoms with Gasteiger partial charge in [0.2, 0.25) is 0 Å². The molecule has 1 aromatic carbocycles. The first kappa shape index (κ1) is 14.9. The number of carbonyl (C=O) groups is 1. The molecule has 2 N–H and O–H groups in total. The van der Waals surface area contributed by atoms with Crippen molar-refractivity contribution in [1.29, 1.82) is 0 Å². The minimum absolute atomic E-state index is 0.0683. The predicted octanol–water partition coefficient (Wildman–Crippen LogP) is 3.71. The van der Waals surface area contributed by atoms with E-state index >= 15 is 0 Å². The maximum Gasteiger partial charge on any atom is 0.324 e. The lowest BCUT2D eigenvalue weighted by molar-refractivity contribution is -0.139. The highest BCUT2D eigenvalue weighted by Gasteiger charge is 2.51. The smallest absolute Gasteiger partial charge is 0.324 e. The van der Waals surface area contributed by atoms with Crippen LogP contribution in [0.2, 0.25) is 0 Å². The van der Waals surface area contributed by atoms with Gasteiger partial charge in [0.25, 0.3) is 0 Å². The van der Waals surface area contributed by atoms with Crippen LogP contribution >= 0.6 is 0 Å². The molecule has 0 amide bonds. The van der Waals surface area contributed by atoms with Crippen molar-refractivity contribution >= 4 is 12.0 Å². The summed E-state index contributed by atoms with van der Waals surface area (Å²) < 4.78 is 0. The fraction of sp³-hybridized carbons (Fsp3) is 0.550. The molecule has 0 heterocycles. The van der Waals surface area contributed by atoms with E-state index in [-0.39, 0.29) is 5.54 Å². The summed E-state index contributed by atoms with van der Waals surface area (Å²) in [5, 5.41) is 13.2. The quantitative estimate of drug-likeness (QED) is 0.871. The molecule has 4 aliphatic rings. The van der Waals surface area contributed by atoms with Gasteiger partial charge in [-0.3, -0.25) is 10.1 Å². The second-order valence-corrected chi connectivity index (χ2v) is 7.93. The molecule has 1 aromatic rings. The number of benzene rings is 1. The molecular weight excluding hydrogens is 286 g/mol. The minimum Gasteiger partial charge on any atom is -0.480 e. The Hall–Kier alpha value is -1.61. The van der Waals surface area contributed by atoms with E-state index < -0.39 is 12.0 Å². The highest BCUT2D eigenvalue weighted by molar-refractivity contribution is 5.77. The molecule has 4 aliphatic carbocycles. The highest BCUT2D eigenvalue weighted by Crippen LogP contribution is 2.55. The summed E-state index contributed by atoms with van der Waals surface area (Å²) >= 11 is 0. The summed E-state index contributed by atoms with van der Waals surface area (Å²) in [5.41, 5.74) is 1.12. The standard InChI is InChI=1S/C20H25NO2/c22-19(23)18(7-6-14-4-2-1-3-5-14)21-20-11-15-8-16(12-20)10-17(9-15)13-20/h1-7,15-18,21H,8-13H2,(H,22,23). The van der Waals surface area contributed by atoms with Crippen LogP contribution in [0.1, 0.15) is 44.1 Å². The van der Waals surface area contributed by atoms with Crippen LogP contribution in [-0.4, -0.2) is 22.7 Å². The van der Waals surface area contributed by atoms with Gasteiger partial charge in [-0.15, -0.1) is 0 Å². The lowest BCUT2D eigenvalue weighted by Gasteiger charge is -2.57. The van der Waals surface area contributed by atoms with Crippen LogP contribution in [0.3, 0.4) is 0 Å². The Morgan fingerprint density at radius 2 is 1.65 bits per heavy atom. The van der Waals surface area contributed by atoms with Gasteiger partial charge in [0, 0.05) is 5.54 Å². The van der Waals surface area contributed by atoms with E-state index in [1.54, 1.807) is 0 Å². The average molecular weight is 311 g/mol. The molecule has 0 saturated heterocycles. The number of carboxylic acid groups (broad SMARTS) is 1. The van der Waals surface area contributed by atoms with Crippen molar-refractivity contribution in [3.05, 3.63) is 42.0 Å². The number of hydrogen-bond acceptors (Lipinski definition) is 2. The lowest BCUT2D eigenvalue weighted by atomic mass is 9.53. The van der Waals surface area contributed by atoms with Crippen molar-refractivity contribution in [2.45, 2.75) is 50.1 Å². The highest BCUT2D eigenvalue weighted by atomic mass is 16.4. The first-order valence-electron chi connectivity index (χ1n) is 8.86. The molecule has 0 radical (unpaired) electrons. The first-order chi connectivity index (χ1) is 11.1. The van der Waals surface area contributed by atoms with Crippen LogP contribution in [0.4, 0.5) is 0 Å². The van der Waals surface area contributed by atoms with Gasteiger partial charge < -0.3 is 5.11 Å². The Morgan fingerprint density at radius 1 is 1.09 bits per heavy atom. The average Bonchev–Trinajstić information content (AvgIpc) is 2.51. The van der Waals surface area contributed by atoms with Gasteiger partial charge in [-0.2, -0.15) is 0 Å². The first-order valence-corrected chi connectivity index (χ1v) is 8.86. The topological polar surface area (TPSA) is 49.3 Å². The maximum atomic E-state index is 11.7. The predicted molar refractivity (Wildman–Crippen MR) is 90.9 cm³/mol. The zero-order chi connectivity index (χ0) is 15.9. The Morgan fingerprint density at radius 3 is 2.17 bits per heavy atom. The maximum absolute atomic E-state index is 11.7. The minimum atomic E-state index is -0.770. The van der Waals surface area contributed by atoms with Crippen molar-refractivity contribution in [1.82, 2.24) is 5.32 Å². The summed E-state index contributed by atoms with van der Waals surface area (Å²) in [6.45, 7) is 0. The van der Waals surface area contributed by atoms with E-state index in [0.717, 1.165) is 23.3 Å². The molecular formula is C20H25NO2. The van der Waals surface area contributed by atoms with E-state index in [9.17, 15) is 9.90 Å². The fourth-order valence-corrected chi connectivity index (χ4v) is 5.58. The number of aliphatic carboxylic acids is 1. The molecule has 5 rings (SSSR count). The van der Waals surface area contributed by atoms with Gasteiger partial charge in [-0.1, -0.05) is 42.5 Å². The van der Waals surface area contributed by atoms with Crippen molar-refractivity contribution in [2.75, 3.05) is 0 Å². The normalized spacial score (nSPS) is 36.4. The van der Waals surface area contributed by atoms with E-state index in [1.807, 2.05) is 42.5 Å². The van der Waals surface area contributed by atoms with Gasteiger partial charge >= 0.3 is 5.97 Å². The third kappa shape index (κ3) is 3.07. The third-order valence-corrected chi connectivity index (χ3v) is 6.05. The second kappa shape index (κ2) is 5.79. The van der Waals surface area contributed by atoms with Gasteiger partial charge in [0.15, 0.2) is 0 Å². The Kier molecular flexibility index (Phi) is 3.76. The van der Waals surface area contributed by atoms with Crippen LogP contribution in [0, 0.1) is 17.8 Å². The second-order valence-electron chi connectivity index (χ2n) is 7.93. The summed E-state index contributed by atoms with van der Waals surface area (Å²) in [6, 6.07) is 9.33.